The van der Waals surface area contributed by atoms with Crippen LogP contribution >= 0.6 is 8.58 Å². The van der Waals surface area contributed by atoms with Crippen LogP contribution in [-0.2, 0) is 4.79 Å². The topological polar surface area (TPSA) is 17.1 Å². The molecule has 0 N–H and O–H groups in total. The largest absolute Gasteiger partial charge is 0.298 e. The number of hydrogen-bond acceptors (Lipinski definition) is 1. The predicted molar refractivity (Wildman–Crippen MR) is 97.8 cm³/mol. The fourth-order valence-corrected chi connectivity index (χ4v) is 2.49. The van der Waals surface area contributed by atoms with E-state index >= 15 is 0 Å². The van der Waals surface area contributed by atoms with E-state index in [0.717, 1.165) is 11.3 Å². The Labute approximate surface area is 133 Å². The van der Waals surface area contributed by atoms with Gasteiger partial charge in [-0.3, -0.25) is 4.79 Å². The lowest BCUT2D eigenvalue weighted by Crippen LogP contribution is -1.92. The first kappa shape index (κ1) is 16.1. The van der Waals surface area contributed by atoms with Gasteiger partial charge in [0.25, 0.3) is 0 Å². The van der Waals surface area contributed by atoms with E-state index in [9.17, 15) is 4.79 Å². The van der Waals surface area contributed by atoms with Gasteiger partial charge in [-0.25, -0.2) is 0 Å². The zero-order chi connectivity index (χ0) is 15.6. The van der Waals surface area contributed by atoms with E-state index in [0.29, 0.717) is 0 Å². The van der Waals surface area contributed by atoms with Gasteiger partial charge in [-0.2, -0.15) is 0 Å². The molecular weight excluding hydrogens is 287 g/mol. The molecule has 0 fully saturated rings. The van der Waals surface area contributed by atoms with Crippen molar-refractivity contribution in [3.63, 3.8) is 0 Å². The smallest absolute Gasteiger partial charge is 0.143 e. The van der Waals surface area contributed by atoms with E-state index in [1.807, 2.05) is 48.5 Å². The van der Waals surface area contributed by atoms with Gasteiger partial charge < -0.3 is 0 Å². The monoisotopic (exact) mass is 306 g/mol. The van der Waals surface area contributed by atoms with Gasteiger partial charge in [0.2, 0.25) is 0 Å². The number of benzene rings is 3. The number of aryl methyl sites for hydroxylation is 1. The van der Waals surface area contributed by atoms with Crippen molar-refractivity contribution in [2.45, 2.75) is 6.92 Å². The maximum atomic E-state index is 10.3. The van der Waals surface area contributed by atoms with Crippen molar-refractivity contribution in [1.29, 1.82) is 0 Å². The average Bonchev–Trinajstić information content (AvgIpc) is 2.58. The molecule has 0 amide bonds. The Morgan fingerprint density at radius 2 is 1.18 bits per heavy atom. The Morgan fingerprint density at radius 3 is 1.64 bits per heavy atom. The molecule has 0 saturated carbocycles. The second-order valence-electron chi connectivity index (χ2n) is 4.86. The third-order valence-electron chi connectivity index (χ3n) is 3.16. The Hall–Kier alpha value is -2.24. The first-order valence-electron chi connectivity index (χ1n) is 7.17. The van der Waals surface area contributed by atoms with Gasteiger partial charge in [-0.05, 0) is 31.9 Å². The fraction of sp³-hybridized carbons (Fsp3) is 0.0500. The molecule has 0 bridgehead atoms. The number of hydrogen-bond donors (Lipinski definition) is 0. The van der Waals surface area contributed by atoms with E-state index in [1.54, 1.807) is 0 Å². The van der Waals surface area contributed by atoms with E-state index in [4.69, 9.17) is 0 Å². The molecule has 1 unspecified atom stereocenters. The summed E-state index contributed by atoms with van der Waals surface area (Å²) in [6, 6.07) is 29.6. The lowest BCUT2D eigenvalue weighted by Gasteiger charge is -2.01. The zero-order valence-corrected chi connectivity index (χ0v) is 13.6. The normalized spacial score (nSPS) is 10.0. The van der Waals surface area contributed by atoms with E-state index in [2.05, 4.69) is 43.3 Å². The van der Waals surface area contributed by atoms with Gasteiger partial charge in [0.1, 0.15) is 6.03 Å². The molecule has 0 saturated heterocycles. The maximum Gasteiger partial charge on any atom is 0.143 e. The maximum absolute atomic E-state index is 10.3. The summed E-state index contributed by atoms with van der Waals surface area (Å²) >= 11 is 0. The highest BCUT2D eigenvalue weighted by molar-refractivity contribution is 7.62. The van der Waals surface area contributed by atoms with Crippen LogP contribution in [0.3, 0.4) is 0 Å². The van der Waals surface area contributed by atoms with Gasteiger partial charge in [-0.15, -0.1) is 0 Å². The molecule has 0 spiro atoms. The standard InChI is InChI=1S/C13H11OP.C7H8/c14-10-15-13-8-6-12(7-9-13)11-4-2-1-3-5-11;1-7-5-3-2-4-6-7/h1-10,15H;2-6H,1H3. The van der Waals surface area contributed by atoms with Gasteiger partial charge in [0, 0.05) is 0 Å². The van der Waals surface area contributed by atoms with Gasteiger partial charge in [-0.1, -0.05) is 90.5 Å². The van der Waals surface area contributed by atoms with Crippen molar-refractivity contribution in [1.82, 2.24) is 0 Å². The molecule has 1 atom stereocenters. The third-order valence-corrected chi connectivity index (χ3v) is 3.94. The van der Waals surface area contributed by atoms with Crippen LogP contribution in [0.1, 0.15) is 5.56 Å². The molecule has 3 aromatic rings. The van der Waals surface area contributed by atoms with Crippen LogP contribution < -0.4 is 5.30 Å². The van der Waals surface area contributed by atoms with Crippen LogP contribution in [-0.4, -0.2) is 6.03 Å². The van der Waals surface area contributed by atoms with E-state index in [-0.39, 0.29) is 8.58 Å². The number of carbonyl (C=O) groups excluding carboxylic acids is 1. The summed E-state index contributed by atoms with van der Waals surface area (Å²) < 4.78 is 0. The molecule has 0 aliphatic rings. The minimum absolute atomic E-state index is 0.261. The molecule has 0 aliphatic heterocycles. The minimum Gasteiger partial charge on any atom is -0.298 e. The summed E-state index contributed by atoms with van der Waals surface area (Å²) in [4.78, 5) is 10.3. The van der Waals surface area contributed by atoms with E-state index in [1.165, 1.54) is 16.7 Å². The minimum atomic E-state index is 0.261. The van der Waals surface area contributed by atoms with Crippen LogP contribution in [0, 0.1) is 6.92 Å². The molecule has 22 heavy (non-hydrogen) atoms. The van der Waals surface area contributed by atoms with Gasteiger partial charge >= 0.3 is 0 Å². The molecule has 0 aliphatic carbocycles. The summed E-state index contributed by atoms with van der Waals surface area (Å²) in [6.45, 7) is 2.08. The van der Waals surface area contributed by atoms with Crippen molar-refractivity contribution in [3.05, 3.63) is 90.5 Å². The summed E-state index contributed by atoms with van der Waals surface area (Å²) in [6.07, 6.45) is 0. The summed E-state index contributed by atoms with van der Waals surface area (Å²) in [7, 11) is 0.261. The Morgan fingerprint density at radius 1 is 0.682 bits per heavy atom. The third kappa shape index (κ3) is 5.27. The van der Waals surface area contributed by atoms with Gasteiger partial charge in [0.15, 0.2) is 0 Å². The predicted octanol–water partition coefficient (Wildman–Crippen LogP) is 4.84. The second kappa shape index (κ2) is 8.92. The first-order chi connectivity index (χ1) is 10.8. The SMILES string of the molecule is Cc1ccccc1.O=CPc1ccc(-c2ccccc2)cc1. The van der Waals surface area contributed by atoms with E-state index < -0.39 is 0 Å². The average molecular weight is 306 g/mol. The van der Waals surface area contributed by atoms with Crippen molar-refractivity contribution in [3.8, 4) is 11.1 Å². The molecule has 1 nitrogen and oxygen atoms in total. The molecule has 110 valence electrons. The second-order valence-corrected chi connectivity index (χ2v) is 5.96. The number of carbonyl (C=O) groups is 1. The lowest BCUT2D eigenvalue weighted by atomic mass is 10.1. The first-order valence-corrected chi connectivity index (χ1v) is 8.24. The van der Waals surface area contributed by atoms with Crippen molar-refractivity contribution in [2.75, 3.05) is 0 Å². The van der Waals surface area contributed by atoms with Crippen LogP contribution in [0.2, 0.25) is 0 Å². The fourth-order valence-electron chi connectivity index (χ4n) is 1.99. The Bertz CT molecular complexity index is 676. The lowest BCUT2D eigenvalue weighted by molar-refractivity contribution is 0.569. The van der Waals surface area contributed by atoms with Crippen LogP contribution in [0.25, 0.3) is 11.1 Å². The molecule has 3 rings (SSSR count). The van der Waals surface area contributed by atoms with Crippen LogP contribution in [0.5, 0.6) is 0 Å². The Kier molecular flexibility index (Phi) is 6.54. The molecule has 0 radical (unpaired) electrons. The molecule has 3 aromatic carbocycles. The Balaban J connectivity index is 0.000000211. The highest BCUT2D eigenvalue weighted by atomic mass is 31.1. The summed E-state index contributed by atoms with van der Waals surface area (Å²) in [5.74, 6) is 0. The number of rotatable bonds is 3. The molecule has 0 aromatic heterocycles. The zero-order valence-electron chi connectivity index (χ0n) is 12.6. The molecular formula is C20H19OP. The van der Waals surface area contributed by atoms with Crippen molar-refractivity contribution < 1.29 is 4.79 Å². The quantitative estimate of drug-likeness (QED) is 0.500. The van der Waals surface area contributed by atoms with Gasteiger partial charge in [0.05, 0.1) is 0 Å². The summed E-state index contributed by atoms with van der Waals surface area (Å²) in [5.41, 5.74) is 3.72. The molecule has 2 heteroatoms. The highest BCUT2D eigenvalue weighted by Crippen LogP contribution is 2.18. The van der Waals surface area contributed by atoms with Crippen LogP contribution in [0.15, 0.2) is 84.9 Å². The van der Waals surface area contributed by atoms with Crippen LogP contribution in [0.4, 0.5) is 0 Å². The summed E-state index contributed by atoms with van der Waals surface area (Å²) in [5, 5.41) is 1.09. The van der Waals surface area contributed by atoms with Crippen molar-refractivity contribution >= 4 is 19.9 Å². The highest BCUT2D eigenvalue weighted by Gasteiger charge is 1.96. The molecule has 0 heterocycles. The van der Waals surface area contributed by atoms with Crippen molar-refractivity contribution in [2.24, 2.45) is 0 Å².